The van der Waals surface area contributed by atoms with Gasteiger partial charge in [-0.25, -0.2) is 0 Å². The summed E-state index contributed by atoms with van der Waals surface area (Å²) in [5, 5.41) is 0.521. The van der Waals surface area contributed by atoms with Crippen molar-refractivity contribution in [3.05, 3.63) is 43.5 Å². The summed E-state index contributed by atoms with van der Waals surface area (Å²) in [6.45, 7) is 0. The first-order valence-corrected chi connectivity index (χ1v) is 6.62. The van der Waals surface area contributed by atoms with E-state index in [2.05, 4.69) is 15.9 Å². The molecule has 17 heavy (non-hydrogen) atoms. The van der Waals surface area contributed by atoms with Crippen molar-refractivity contribution in [2.24, 2.45) is 0 Å². The summed E-state index contributed by atoms with van der Waals surface area (Å²) >= 11 is 10.4. The molecule has 1 aromatic carbocycles. The van der Waals surface area contributed by atoms with E-state index < -0.39 is 0 Å². The predicted octanol–water partition coefficient (Wildman–Crippen LogP) is 3.56. The van der Waals surface area contributed by atoms with Gasteiger partial charge in [-0.05, 0) is 40.2 Å². The molecule has 0 amide bonds. The molecule has 2 aromatic rings. The van der Waals surface area contributed by atoms with Gasteiger partial charge in [-0.1, -0.05) is 11.6 Å². The van der Waals surface area contributed by atoms with Crippen LogP contribution in [0.4, 0.5) is 11.4 Å². The lowest BCUT2D eigenvalue weighted by atomic mass is 10.1. The highest BCUT2D eigenvalue weighted by Crippen LogP contribution is 2.34. The highest BCUT2D eigenvalue weighted by molar-refractivity contribution is 9.11. The van der Waals surface area contributed by atoms with Crippen LogP contribution in [0.2, 0.25) is 5.02 Å². The maximum Gasteiger partial charge on any atom is 0.205 e. The second kappa shape index (κ2) is 4.68. The SMILES string of the molecule is Nc1ccc(C(=O)c2cc(Cl)c(Br)s2)c(N)c1. The van der Waals surface area contributed by atoms with Crippen molar-refractivity contribution in [3.63, 3.8) is 0 Å². The Bertz CT molecular complexity index is 578. The molecule has 1 aromatic heterocycles. The van der Waals surface area contributed by atoms with Crippen LogP contribution in [0, 0.1) is 0 Å². The first kappa shape index (κ1) is 12.4. The Kier molecular flexibility index (Phi) is 3.42. The molecular formula is C11H8BrClN2OS. The minimum absolute atomic E-state index is 0.153. The third kappa shape index (κ3) is 2.46. The number of benzene rings is 1. The second-order valence-electron chi connectivity index (χ2n) is 3.41. The molecule has 3 nitrogen and oxygen atoms in total. The molecule has 2 rings (SSSR count). The average Bonchev–Trinajstić information content (AvgIpc) is 2.58. The van der Waals surface area contributed by atoms with Crippen molar-refractivity contribution >= 4 is 56.0 Å². The van der Waals surface area contributed by atoms with E-state index in [1.165, 1.54) is 11.3 Å². The summed E-state index contributed by atoms with van der Waals surface area (Å²) in [5.74, 6) is -0.153. The van der Waals surface area contributed by atoms with E-state index in [0.717, 1.165) is 3.79 Å². The van der Waals surface area contributed by atoms with Crippen LogP contribution in [0.3, 0.4) is 0 Å². The maximum absolute atomic E-state index is 12.2. The zero-order valence-corrected chi connectivity index (χ0v) is 11.7. The zero-order valence-electron chi connectivity index (χ0n) is 8.54. The van der Waals surface area contributed by atoms with Crippen LogP contribution in [0.1, 0.15) is 15.2 Å². The minimum atomic E-state index is -0.153. The zero-order chi connectivity index (χ0) is 12.6. The number of thiophene rings is 1. The molecule has 4 N–H and O–H groups in total. The Morgan fingerprint density at radius 1 is 1.29 bits per heavy atom. The molecule has 0 aliphatic rings. The number of hydrogen-bond acceptors (Lipinski definition) is 4. The number of carbonyl (C=O) groups is 1. The molecule has 88 valence electrons. The summed E-state index contributed by atoms with van der Waals surface area (Å²) in [5.41, 5.74) is 12.7. The molecule has 1 heterocycles. The summed E-state index contributed by atoms with van der Waals surface area (Å²) in [4.78, 5) is 12.7. The van der Waals surface area contributed by atoms with Crippen molar-refractivity contribution in [1.82, 2.24) is 0 Å². The van der Waals surface area contributed by atoms with Crippen molar-refractivity contribution in [2.75, 3.05) is 11.5 Å². The smallest absolute Gasteiger partial charge is 0.205 e. The van der Waals surface area contributed by atoms with Gasteiger partial charge in [0.1, 0.15) is 0 Å². The van der Waals surface area contributed by atoms with Crippen LogP contribution in [-0.2, 0) is 0 Å². The fraction of sp³-hybridized carbons (Fsp3) is 0. The summed E-state index contributed by atoms with van der Waals surface area (Å²) in [6, 6.07) is 6.45. The molecule has 0 spiro atoms. The van der Waals surface area contributed by atoms with Crippen molar-refractivity contribution in [3.8, 4) is 0 Å². The summed E-state index contributed by atoms with van der Waals surface area (Å²) in [7, 11) is 0. The fourth-order valence-corrected chi connectivity index (χ4v) is 3.04. The first-order chi connectivity index (χ1) is 7.99. The highest BCUT2D eigenvalue weighted by atomic mass is 79.9. The number of anilines is 2. The van der Waals surface area contributed by atoms with E-state index in [9.17, 15) is 4.79 Å². The molecule has 0 saturated heterocycles. The van der Waals surface area contributed by atoms with Crippen LogP contribution in [-0.4, -0.2) is 5.78 Å². The van der Waals surface area contributed by atoms with Crippen LogP contribution < -0.4 is 11.5 Å². The Labute approximate surface area is 116 Å². The Morgan fingerprint density at radius 2 is 2.00 bits per heavy atom. The highest BCUT2D eigenvalue weighted by Gasteiger charge is 2.16. The number of halogens is 2. The molecular weight excluding hydrogens is 324 g/mol. The average molecular weight is 332 g/mol. The van der Waals surface area contributed by atoms with Gasteiger partial charge in [0.05, 0.1) is 13.7 Å². The molecule has 0 aliphatic carbocycles. The molecule has 0 atom stereocenters. The van der Waals surface area contributed by atoms with Crippen LogP contribution in [0.25, 0.3) is 0 Å². The number of rotatable bonds is 2. The number of carbonyl (C=O) groups excluding carboxylic acids is 1. The predicted molar refractivity (Wildman–Crippen MR) is 75.7 cm³/mol. The Morgan fingerprint density at radius 3 is 2.53 bits per heavy atom. The van der Waals surface area contributed by atoms with E-state index in [-0.39, 0.29) is 5.78 Å². The van der Waals surface area contributed by atoms with Gasteiger partial charge in [0.15, 0.2) is 0 Å². The minimum Gasteiger partial charge on any atom is -0.399 e. The maximum atomic E-state index is 12.2. The first-order valence-electron chi connectivity index (χ1n) is 4.63. The van der Waals surface area contributed by atoms with Gasteiger partial charge in [0.25, 0.3) is 0 Å². The molecule has 0 aliphatic heterocycles. The second-order valence-corrected chi connectivity index (χ2v) is 6.19. The number of ketones is 1. The van der Waals surface area contributed by atoms with Gasteiger partial charge in [0, 0.05) is 16.9 Å². The monoisotopic (exact) mass is 330 g/mol. The van der Waals surface area contributed by atoms with Gasteiger partial charge in [-0.15, -0.1) is 11.3 Å². The number of nitrogen functional groups attached to an aromatic ring is 2. The third-order valence-corrected chi connectivity index (χ3v) is 4.66. The van der Waals surface area contributed by atoms with Gasteiger partial charge >= 0.3 is 0 Å². The van der Waals surface area contributed by atoms with E-state index in [0.29, 0.717) is 26.8 Å². The lowest BCUT2D eigenvalue weighted by Gasteiger charge is -2.03. The lowest BCUT2D eigenvalue weighted by Crippen LogP contribution is -2.04. The molecule has 0 unspecified atom stereocenters. The van der Waals surface area contributed by atoms with E-state index >= 15 is 0 Å². The standard InChI is InChI=1S/C11H8BrClN2OS/c12-11-7(13)4-9(17-11)10(16)6-2-1-5(14)3-8(6)15/h1-4H,14-15H2. The fourth-order valence-electron chi connectivity index (χ4n) is 1.38. The van der Waals surface area contributed by atoms with E-state index in [1.807, 2.05) is 0 Å². The van der Waals surface area contributed by atoms with E-state index in [1.54, 1.807) is 24.3 Å². The van der Waals surface area contributed by atoms with Gasteiger partial charge in [-0.3, -0.25) is 4.79 Å². The van der Waals surface area contributed by atoms with Gasteiger partial charge < -0.3 is 11.5 Å². The quantitative estimate of drug-likeness (QED) is 0.653. The molecule has 0 radical (unpaired) electrons. The summed E-state index contributed by atoms with van der Waals surface area (Å²) in [6.07, 6.45) is 0. The summed E-state index contributed by atoms with van der Waals surface area (Å²) < 4.78 is 0.733. The number of hydrogen-bond donors (Lipinski definition) is 2. The van der Waals surface area contributed by atoms with Crippen LogP contribution >= 0.6 is 38.9 Å². The number of nitrogens with two attached hydrogens (primary N) is 2. The van der Waals surface area contributed by atoms with Crippen molar-refractivity contribution in [2.45, 2.75) is 0 Å². The van der Waals surface area contributed by atoms with Crippen LogP contribution in [0.5, 0.6) is 0 Å². The molecule has 0 bridgehead atoms. The Balaban J connectivity index is 2.43. The lowest BCUT2D eigenvalue weighted by molar-refractivity contribution is 0.104. The third-order valence-electron chi connectivity index (χ3n) is 2.19. The van der Waals surface area contributed by atoms with Gasteiger partial charge in [-0.2, -0.15) is 0 Å². The normalized spacial score (nSPS) is 10.5. The van der Waals surface area contributed by atoms with Crippen molar-refractivity contribution < 1.29 is 4.79 Å². The molecule has 6 heteroatoms. The topological polar surface area (TPSA) is 69.1 Å². The molecule has 0 saturated carbocycles. The largest absolute Gasteiger partial charge is 0.399 e. The van der Waals surface area contributed by atoms with Gasteiger partial charge in [0.2, 0.25) is 5.78 Å². The van der Waals surface area contributed by atoms with E-state index in [4.69, 9.17) is 23.1 Å². The Hall–Kier alpha value is -1.04. The molecule has 0 fully saturated rings. The van der Waals surface area contributed by atoms with Crippen LogP contribution in [0.15, 0.2) is 28.1 Å². The van der Waals surface area contributed by atoms with Crippen molar-refractivity contribution in [1.29, 1.82) is 0 Å².